The summed E-state index contributed by atoms with van der Waals surface area (Å²) in [6, 6.07) is 13.3. The SMILES string of the molecule is CNC1=C(c2ccc(C)c(C(F)(F)F)c2)C(=O)C(c2ccccc2)S1. The van der Waals surface area contributed by atoms with Crippen molar-refractivity contribution in [2.45, 2.75) is 18.3 Å². The van der Waals surface area contributed by atoms with Crippen molar-refractivity contribution in [3.63, 3.8) is 0 Å². The molecular weight excluding hydrogens is 347 g/mol. The van der Waals surface area contributed by atoms with Gasteiger partial charge in [-0.1, -0.05) is 54.2 Å². The second-order valence-electron chi connectivity index (χ2n) is 5.75. The molecule has 1 aliphatic rings. The molecule has 0 aliphatic carbocycles. The third kappa shape index (κ3) is 3.31. The van der Waals surface area contributed by atoms with E-state index in [1.165, 1.54) is 24.8 Å². The maximum Gasteiger partial charge on any atom is 0.416 e. The summed E-state index contributed by atoms with van der Waals surface area (Å²) in [5, 5.41) is 3.10. The average Bonchev–Trinajstić information content (AvgIpc) is 2.92. The van der Waals surface area contributed by atoms with Crippen LogP contribution < -0.4 is 5.32 Å². The molecule has 0 bridgehead atoms. The minimum atomic E-state index is -4.45. The van der Waals surface area contributed by atoms with Crippen LogP contribution in [0, 0.1) is 6.92 Å². The molecule has 0 saturated heterocycles. The molecule has 2 aromatic rings. The number of benzene rings is 2. The maximum atomic E-state index is 13.2. The lowest BCUT2D eigenvalue weighted by atomic mass is 9.94. The zero-order chi connectivity index (χ0) is 18.2. The number of aryl methyl sites for hydroxylation is 1. The number of carbonyl (C=O) groups is 1. The normalized spacial score (nSPS) is 18.0. The zero-order valence-electron chi connectivity index (χ0n) is 13.6. The monoisotopic (exact) mass is 363 g/mol. The Morgan fingerprint density at radius 3 is 2.36 bits per heavy atom. The van der Waals surface area contributed by atoms with Crippen molar-refractivity contribution in [3.05, 3.63) is 75.8 Å². The van der Waals surface area contributed by atoms with Gasteiger partial charge in [0, 0.05) is 7.05 Å². The first-order valence-corrected chi connectivity index (χ1v) is 8.57. The standard InChI is InChI=1S/C19H16F3NOS/c1-11-8-9-13(10-14(11)19(20,21)22)15-16(24)17(25-18(15)23-2)12-6-4-3-5-7-12/h3-10,17,23H,1-2H3. The van der Waals surface area contributed by atoms with Crippen LogP contribution in [0.15, 0.2) is 53.6 Å². The number of nitrogens with one attached hydrogen (secondary N) is 1. The van der Waals surface area contributed by atoms with E-state index in [1.54, 1.807) is 13.1 Å². The quantitative estimate of drug-likeness (QED) is 0.836. The first-order chi connectivity index (χ1) is 11.8. The molecule has 25 heavy (non-hydrogen) atoms. The van der Waals surface area contributed by atoms with Crippen LogP contribution in [0.25, 0.3) is 5.57 Å². The van der Waals surface area contributed by atoms with Gasteiger partial charge in [0.25, 0.3) is 0 Å². The van der Waals surface area contributed by atoms with E-state index in [0.717, 1.165) is 11.6 Å². The molecule has 1 unspecified atom stereocenters. The van der Waals surface area contributed by atoms with E-state index in [0.29, 0.717) is 16.2 Å². The maximum absolute atomic E-state index is 13.2. The van der Waals surface area contributed by atoms with E-state index in [4.69, 9.17) is 0 Å². The third-order valence-corrected chi connectivity index (χ3v) is 5.47. The van der Waals surface area contributed by atoms with Crippen LogP contribution in [0.2, 0.25) is 0 Å². The summed E-state index contributed by atoms with van der Waals surface area (Å²) in [5.41, 5.74) is 0.864. The molecule has 1 N–H and O–H groups in total. The Morgan fingerprint density at radius 2 is 1.76 bits per heavy atom. The molecule has 1 atom stereocenters. The summed E-state index contributed by atoms with van der Waals surface area (Å²) in [7, 11) is 1.67. The van der Waals surface area contributed by atoms with Crippen molar-refractivity contribution in [2.24, 2.45) is 0 Å². The Hall–Kier alpha value is -2.21. The van der Waals surface area contributed by atoms with Crippen molar-refractivity contribution in [3.8, 4) is 0 Å². The molecule has 3 rings (SSSR count). The molecular formula is C19H16F3NOS. The number of carbonyl (C=O) groups excluding carboxylic acids is 1. The number of halogens is 3. The minimum absolute atomic E-state index is 0.139. The van der Waals surface area contributed by atoms with Gasteiger partial charge in [0.2, 0.25) is 0 Å². The van der Waals surface area contributed by atoms with Gasteiger partial charge in [0.05, 0.1) is 21.4 Å². The Kier molecular flexibility index (Phi) is 4.64. The fourth-order valence-corrected chi connectivity index (χ4v) is 4.07. The van der Waals surface area contributed by atoms with Gasteiger partial charge in [-0.3, -0.25) is 4.79 Å². The van der Waals surface area contributed by atoms with E-state index in [-0.39, 0.29) is 11.3 Å². The van der Waals surface area contributed by atoms with Crippen molar-refractivity contribution < 1.29 is 18.0 Å². The molecule has 0 saturated carbocycles. The molecule has 0 aromatic heterocycles. The molecule has 130 valence electrons. The molecule has 0 amide bonds. The third-order valence-electron chi connectivity index (χ3n) is 4.11. The smallest absolute Gasteiger partial charge is 0.382 e. The van der Waals surface area contributed by atoms with E-state index in [1.807, 2.05) is 30.3 Å². The Balaban J connectivity index is 2.05. The van der Waals surface area contributed by atoms with E-state index in [2.05, 4.69) is 5.32 Å². The summed E-state index contributed by atoms with van der Waals surface area (Å²) in [6.07, 6.45) is -4.45. The lowest BCUT2D eigenvalue weighted by Gasteiger charge is -2.13. The van der Waals surface area contributed by atoms with Gasteiger partial charge in [-0.15, -0.1) is 0 Å². The largest absolute Gasteiger partial charge is 0.416 e. The first-order valence-electron chi connectivity index (χ1n) is 7.69. The summed E-state index contributed by atoms with van der Waals surface area (Å²) in [6.45, 7) is 1.41. The Bertz CT molecular complexity index is 843. The van der Waals surface area contributed by atoms with Crippen LogP contribution >= 0.6 is 11.8 Å². The van der Waals surface area contributed by atoms with E-state index < -0.39 is 17.0 Å². The highest BCUT2D eigenvalue weighted by molar-refractivity contribution is 8.04. The Labute approximate surface area is 148 Å². The van der Waals surface area contributed by atoms with Crippen molar-refractivity contribution >= 4 is 23.1 Å². The first kappa shape index (κ1) is 17.6. The lowest BCUT2D eigenvalue weighted by molar-refractivity contribution is -0.138. The zero-order valence-corrected chi connectivity index (χ0v) is 14.5. The van der Waals surface area contributed by atoms with Gasteiger partial charge < -0.3 is 5.32 Å². The van der Waals surface area contributed by atoms with Crippen LogP contribution in [0.5, 0.6) is 0 Å². The number of thioether (sulfide) groups is 1. The fraction of sp³-hybridized carbons (Fsp3) is 0.211. The number of allylic oxidation sites excluding steroid dienone is 1. The topological polar surface area (TPSA) is 29.1 Å². The molecule has 1 heterocycles. The highest BCUT2D eigenvalue weighted by atomic mass is 32.2. The predicted molar refractivity (Wildman–Crippen MR) is 93.9 cm³/mol. The van der Waals surface area contributed by atoms with Crippen LogP contribution in [-0.4, -0.2) is 12.8 Å². The Morgan fingerprint density at radius 1 is 1.08 bits per heavy atom. The van der Waals surface area contributed by atoms with Gasteiger partial charge in [0.15, 0.2) is 5.78 Å². The van der Waals surface area contributed by atoms with Crippen LogP contribution in [0.1, 0.15) is 27.5 Å². The highest BCUT2D eigenvalue weighted by Gasteiger charge is 2.37. The minimum Gasteiger partial charge on any atom is -0.382 e. The number of Topliss-reactive ketones (excluding diaryl/α,β-unsaturated/α-hetero) is 1. The molecule has 0 fully saturated rings. The summed E-state index contributed by atoms with van der Waals surface area (Å²) < 4.78 is 39.6. The molecule has 0 radical (unpaired) electrons. The van der Waals surface area contributed by atoms with Gasteiger partial charge in [-0.25, -0.2) is 0 Å². The number of hydrogen-bond acceptors (Lipinski definition) is 3. The van der Waals surface area contributed by atoms with Gasteiger partial charge in [0.1, 0.15) is 0 Å². The van der Waals surface area contributed by atoms with Gasteiger partial charge in [-0.05, 0) is 29.7 Å². The summed E-state index contributed by atoms with van der Waals surface area (Å²) in [4.78, 5) is 12.9. The summed E-state index contributed by atoms with van der Waals surface area (Å²) in [5.74, 6) is -0.183. The van der Waals surface area contributed by atoms with Crippen molar-refractivity contribution in [1.82, 2.24) is 5.32 Å². The fourth-order valence-electron chi connectivity index (χ4n) is 2.86. The van der Waals surface area contributed by atoms with Crippen molar-refractivity contribution in [2.75, 3.05) is 7.05 Å². The summed E-state index contributed by atoms with van der Waals surface area (Å²) >= 11 is 1.33. The number of rotatable bonds is 3. The number of hydrogen-bond donors (Lipinski definition) is 1. The van der Waals surface area contributed by atoms with E-state index in [9.17, 15) is 18.0 Å². The van der Waals surface area contributed by atoms with Gasteiger partial charge in [-0.2, -0.15) is 13.2 Å². The average molecular weight is 363 g/mol. The molecule has 6 heteroatoms. The molecule has 2 aromatic carbocycles. The number of ketones is 1. The molecule has 2 nitrogen and oxygen atoms in total. The predicted octanol–water partition coefficient (Wildman–Crippen LogP) is 4.96. The second kappa shape index (κ2) is 6.59. The van der Waals surface area contributed by atoms with Crippen LogP contribution in [0.3, 0.4) is 0 Å². The van der Waals surface area contributed by atoms with E-state index >= 15 is 0 Å². The highest BCUT2D eigenvalue weighted by Crippen LogP contribution is 2.47. The van der Waals surface area contributed by atoms with Gasteiger partial charge >= 0.3 is 6.18 Å². The molecule has 1 aliphatic heterocycles. The lowest BCUT2D eigenvalue weighted by Crippen LogP contribution is -2.11. The molecule has 0 spiro atoms. The van der Waals surface area contributed by atoms with Crippen molar-refractivity contribution in [1.29, 1.82) is 0 Å². The van der Waals surface area contributed by atoms with Crippen LogP contribution in [0.4, 0.5) is 13.2 Å². The van der Waals surface area contributed by atoms with Crippen LogP contribution in [-0.2, 0) is 11.0 Å². The second-order valence-corrected chi connectivity index (χ2v) is 6.87. The number of alkyl halides is 3.